The summed E-state index contributed by atoms with van der Waals surface area (Å²) in [5.74, 6) is 2.01. The highest BCUT2D eigenvalue weighted by Gasteiger charge is 2.04. The Labute approximate surface area is 109 Å². The number of aromatic nitrogens is 2. The van der Waals surface area contributed by atoms with Gasteiger partial charge in [-0.1, -0.05) is 13.8 Å². The molecule has 18 heavy (non-hydrogen) atoms. The van der Waals surface area contributed by atoms with E-state index in [0.29, 0.717) is 11.9 Å². The first-order valence-electron chi connectivity index (χ1n) is 6.48. The molecule has 1 aromatic rings. The quantitative estimate of drug-likeness (QED) is 0.743. The van der Waals surface area contributed by atoms with Crippen LogP contribution in [0.25, 0.3) is 0 Å². The third-order valence-electron chi connectivity index (χ3n) is 2.47. The largest absolute Gasteiger partial charge is 0.384 e. The van der Waals surface area contributed by atoms with Gasteiger partial charge < -0.3 is 15.4 Å². The zero-order valence-corrected chi connectivity index (χ0v) is 11.8. The summed E-state index contributed by atoms with van der Waals surface area (Å²) in [6.07, 6.45) is 1.06. The monoisotopic (exact) mass is 252 g/mol. The van der Waals surface area contributed by atoms with Crippen molar-refractivity contribution in [2.45, 2.75) is 27.2 Å². The predicted molar refractivity (Wildman–Crippen MR) is 75.1 cm³/mol. The molecule has 1 aromatic heterocycles. The first-order chi connectivity index (χ1) is 8.65. The van der Waals surface area contributed by atoms with Gasteiger partial charge in [0.15, 0.2) is 0 Å². The summed E-state index contributed by atoms with van der Waals surface area (Å²) >= 11 is 0. The number of anilines is 2. The van der Waals surface area contributed by atoms with E-state index in [1.807, 2.05) is 13.0 Å². The Bertz CT molecular complexity index is 357. The van der Waals surface area contributed by atoms with Crippen LogP contribution in [0.5, 0.6) is 0 Å². The van der Waals surface area contributed by atoms with E-state index in [-0.39, 0.29) is 0 Å². The molecule has 1 rings (SSSR count). The molecule has 102 valence electrons. The lowest BCUT2D eigenvalue weighted by Crippen LogP contribution is -2.17. The molecule has 0 saturated carbocycles. The first kappa shape index (κ1) is 14.7. The van der Waals surface area contributed by atoms with Crippen LogP contribution in [0.4, 0.5) is 11.8 Å². The van der Waals surface area contributed by atoms with Crippen molar-refractivity contribution in [3.63, 3.8) is 0 Å². The number of rotatable bonds is 8. The molecule has 5 nitrogen and oxygen atoms in total. The van der Waals surface area contributed by atoms with Gasteiger partial charge in [-0.05, 0) is 19.3 Å². The molecule has 0 aromatic carbocycles. The van der Waals surface area contributed by atoms with E-state index in [2.05, 4.69) is 34.4 Å². The van der Waals surface area contributed by atoms with Crippen LogP contribution in [0, 0.1) is 12.8 Å². The number of aryl methyl sites for hydroxylation is 1. The van der Waals surface area contributed by atoms with E-state index in [1.165, 1.54) is 0 Å². The van der Waals surface area contributed by atoms with Crippen molar-refractivity contribution in [1.82, 2.24) is 9.97 Å². The zero-order chi connectivity index (χ0) is 13.4. The van der Waals surface area contributed by atoms with Gasteiger partial charge in [0, 0.05) is 32.0 Å². The van der Waals surface area contributed by atoms with Crippen LogP contribution in [0.2, 0.25) is 0 Å². The normalized spacial score (nSPS) is 12.2. The molecule has 0 radical (unpaired) electrons. The standard InChI is InChI=1S/C13H24N4O/c1-5-6-14-13-16-11(3)7-12(17-13)15-8-10(2)9-18-4/h7,10H,5-6,8-9H2,1-4H3,(H2,14,15,16,17). The van der Waals surface area contributed by atoms with Gasteiger partial charge in [-0.25, -0.2) is 4.98 Å². The zero-order valence-electron chi connectivity index (χ0n) is 11.8. The van der Waals surface area contributed by atoms with Gasteiger partial charge in [-0.3, -0.25) is 0 Å². The van der Waals surface area contributed by atoms with E-state index >= 15 is 0 Å². The van der Waals surface area contributed by atoms with Crippen molar-refractivity contribution in [3.8, 4) is 0 Å². The summed E-state index contributed by atoms with van der Waals surface area (Å²) in [5.41, 5.74) is 0.963. The number of nitrogens with one attached hydrogen (secondary N) is 2. The fourth-order valence-corrected chi connectivity index (χ4v) is 1.60. The third-order valence-corrected chi connectivity index (χ3v) is 2.47. The summed E-state index contributed by atoms with van der Waals surface area (Å²) in [5, 5.41) is 6.52. The second kappa shape index (κ2) is 7.87. The van der Waals surface area contributed by atoms with Crippen molar-refractivity contribution in [3.05, 3.63) is 11.8 Å². The van der Waals surface area contributed by atoms with Crippen LogP contribution >= 0.6 is 0 Å². The summed E-state index contributed by atoms with van der Waals surface area (Å²) in [6.45, 7) is 8.72. The van der Waals surface area contributed by atoms with Gasteiger partial charge in [0.1, 0.15) is 5.82 Å². The minimum atomic E-state index is 0.456. The summed E-state index contributed by atoms with van der Waals surface area (Å²) in [4.78, 5) is 8.78. The number of ether oxygens (including phenoxy) is 1. The number of nitrogens with zero attached hydrogens (tertiary/aromatic N) is 2. The molecule has 1 atom stereocenters. The van der Waals surface area contributed by atoms with Crippen LogP contribution in [0.3, 0.4) is 0 Å². The summed E-state index contributed by atoms with van der Waals surface area (Å²) < 4.78 is 5.11. The lowest BCUT2D eigenvalue weighted by atomic mass is 10.2. The highest BCUT2D eigenvalue weighted by molar-refractivity contribution is 5.42. The van der Waals surface area contributed by atoms with Gasteiger partial charge in [0.05, 0.1) is 6.61 Å². The number of hydrogen-bond donors (Lipinski definition) is 2. The maximum absolute atomic E-state index is 5.11. The second-order valence-electron chi connectivity index (χ2n) is 4.59. The van der Waals surface area contributed by atoms with E-state index in [1.54, 1.807) is 7.11 Å². The Morgan fingerprint density at radius 2 is 2.11 bits per heavy atom. The van der Waals surface area contributed by atoms with Gasteiger partial charge in [0.2, 0.25) is 5.95 Å². The van der Waals surface area contributed by atoms with Gasteiger partial charge in [0.25, 0.3) is 0 Å². The average Bonchev–Trinajstić information content (AvgIpc) is 2.34. The van der Waals surface area contributed by atoms with Crippen LogP contribution < -0.4 is 10.6 Å². The van der Waals surface area contributed by atoms with Crippen molar-refractivity contribution in [2.24, 2.45) is 5.92 Å². The Morgan fingerprint density at radius 1 is 1.33 bits per heavy atom. The smallest absolute Gasteiger partial charge is 0.224 e. The highest BCUT2D eigenvalue weighted by atomic mass is 16.5. The van der Waals surface area contributed by atoms with Crippen molar-refractivity contribution < 1.29 is 4.74 Å². The van der Waals surface area contributed by atoms with E-state index in [4.69, 9.17) is 4.74 Å². The second-order valence-corrected chi connectivity index (χ2v) is 4.59. The minimum absolute atomic E-state index is 0.456. The van der Waals surface area contributed by atoms with Crippen LogP contribution in [0.15, 0.2) is 6.07 Å². The molecule has 0 amide bonds. The van der Waals surface area contributed by atoms with Crippen molar-refractivity contribution in [2.75, 3.05) is 37.4 Å². The molecule has 0 aliphatic carbocycles. The fraction of sp³-hybridized carbons (Fsp3) is 0.692. The summed E-state index contributed by atoms with van der Waals surface area (Å²) in [7, 11) is 1.72. The maximum atomic E-state index is 5.11. The molecule has 0 aliphatic heterocycles. The molecule has 2 N–H and O–H groups in total. The van der Waals surface area contributed by atoms with Gasteiger partial charge >= 0.3 is 0 Å². The maximum Gasteiger partial charge on any atom is 0.224 e. The predicted octanol–water partition coefficient (Wildman–Crippen LogP) is 2.30. The van der Waals surface area contributed by atoms with Crippen molar-refractivity contribution >= 4 is 11.8 Å². The Balaban J connectivity index is 2.56. The molecule has 0 bridgehead atoms. The first-order valence-corrected chi connectivity index (χ1v) is 6.48. The van der Waals surface area contributed by atoms with E-state index in [0.717, 1.165) is 37.6 Å². The minimum Gasteiger partial charge on any atom is -0.384 e. The SMILES string of the molecule is CCCNc1nc(C)cc(NCC(C)COC)n1. The van der Waals surface area contributed by atoms with Gasteiger partial charge in [-0.2, -0.15) is 4.98 Å². The van der Waals surface area contributed by atoms with Crippen LogP contribution in [0.1, 0.15) is 26.0 Å². The molecule has 0 saturated heterocycles. The molecule has 0 aliphatic rings. The van der Waals surface area contributed by atoms with Crippen LogP contribution in [-0.2, 0) is 4.74 Å². The van der Waals surface area contributed by atoms with E-state index in [9.17, 15) is 0 Å². The molecule has 0 fully saturated rings. The molecular weight excluding hydrogens is 228 g/mol. The Kier molecular flexibility index (Phi) is 6.43. The Hall–Kier alpha value is -1.36. The third kappa shape index (κ3) is 5.31. The lowest BCUT2D eigenvalue weighted by Gasteiger charge is -2.13. The average molecular weight is 252 g/mol. The molecule has 0 spiro atoms. The highest BCUT2D eigenvalue weighted by Crippen LogP contribution is 2.10. The molecule has 1 unspecified atom stereocenters. The summed E-state index contributed by atoms with van der Waals surface area (Å²) in [6, 6.07) is 1.96. The number of hydrogen-bond acceptors (Lipinski definition) is 5. The molecule has 5 heteroatoms. The lowest BCUT2D eigenvalue weighted by molar-refractivity contribution is 0.164. The molecular formula is C13H24N4O. The topological polar surface area (TPSA) is 59.1 Å². The number of methoxy groups -OCH3 is 1. The Morgan fingerprint density at radius 3 is 2.78 bits per heavy atom. The molecule has 1 heterocycles. The van der Waals surface area contributed by atoms with Crippen molar-refractivity contribution in [1.29, 1.82) is 0 Å². The fourth-order valence-electron chi connectivity index (χ4n) is 1.60. The van der Waals surface area contributed by atoms with E-state index < -0.39 is 0 Å². The van der Waals surface area contributed by atoms with Gasteiger partial charge in [-0.15, -0.1) is 0 Å². The van der Waals surface area contributed by atoms with Crippen LogP contribution in [-0.4, -0.2) is 36.8 Å².